The lowest BCUT2D eigenvalue weighted by Crippen LogP contribution is -2.36. The molecule has 1 fully saturated rings. The Morgan fingerprint density at radius 1 is 0.895 bits per heavy atom. The lowest BCUT2D eigenvalue weighted by atomic mass is 9.61. The number of fused-ring (bicyclic) bond motifs is 3. The van der Waals surface area contributed by atoms with Crippen LogP contribution in [0.5, 0.6) is 0 Å². The summed E-state index contributed by atoms with van der Waals surface area (Å²) in [6.45, 7) is 7.50. The van der Waals surface area contributed by atoms with Crippen molar-refractivity contribution in [1.29, 1.82) is 0 Å². The van der Waals surface area contributed by atoms with Gasteiger partial charge >= 0.3 is 5.97 Å². The van der Waals surface area contributed by atoms with Crippen molar-refractivity contribution in [2.45, 2.75) is 78.1 Å². The van der Waals surface area contributed by atoms with Crippen LogP contribution in [0.1, 0.15) is 104 Å². The van der Waals surface area contributed by atoms with Crippen molar-refractivity contribution < 1.29 is 14.4 Å². The van der Waals surface area contributed by atoms with E-state index in [9.17, 15) is 9.59 Å². The van der Waals surface area contributed by atoms with Crippen molar-refractivity contribution in [3.8, 4) is 11.1 Å². The predicted molar refractivity (Wildman–Crippen MR) is 153 cm³/mol. The van der Waals surface area contributed by atoms with Gasteiger partial charge in [-0.25, -0.2) is 4.79 Å². The quantitative estimate of drug-likeness (QED) is 0.140. The fourth-order valence-corrected chi connectivity index (χ4v) is 6.89. The molecule has 3 aromatic carbocycles. The number of ketones is 1. The minimum atomic E-state index is -0.430. The number of benzene rings is 3. The number of hydrogen-bond donors (Lipinski definition) is 0. The molecule has 0 radical (unpaired) electrons. The molecule has 0 heterocycles. The van der Waals surface area contributed by atoms with Crippen LogP contribution in [0.15, 0.2) is 65.8 Å². The van der Waals surface area contributed by atoms with E-state index in [0.29, 0.717) is 11.6 Å². The minimum absolute atomic E-state index is 0.0842. The van der Waals surface area contributed by atoms with E-state index in [2.05, 4.69) is 42.4 Å². The molecule has 38 heavy (non-hydrogen) atoms. The number of carbonyl (C=O) groups is 2. The first-order valence-corrected chi connectivity index (χ1v) is 14.0. The Bertz CT molecular complexity index is 1410. The van der Waals surface area contributed by atoms with E-state index in [0.717, 1.165) is 35.1 Å². The standard InChI is InChI=1S/C34H37NO3/c1-5-19-34(27-12-7-6-8-13-27)31-18-16-25(23(3)35-38-24(4)36)20-30(31)29-17-15-26(21-32(29)34)33(37)28-14-10-9-11-22(28)2/h9-11,14-18,20-21,27H,5-8,12-13,19H2,1-4H3/b35-23-. The topological polar surface area (TPSA) is 55.7 Å². The number of rotatable bonds is 7. The van der Waals surface area contributed by atoms with E-state index in [4.69, 9.17) is 4.84 Å². The molecule has 0 spiro atoms. The summed E-state index contributed by atoms with van der Waals surface area (Å²) < 4.78 is 0. The fraction of sp³-hybridized carbons (Fsp3) is 0.382. The molecule has 1 saturated carbocycles. The highest BCUT2D eigenvalue weighted by molar-refractivity contribution is 6.10. The van der Waals surface area contributed by atoms with Crippen molar-refractivity contribution >= 4 is 17.5 Å². The van der Waals surface area contributed by atoms with Crippen LogP contribution in [0.25, 0.3) is 11.1 Å². The van der Waals surface area contributed by atoms with Gasteiger partial charge in [0.1, 0.15) is 0 Å². The van der Waals surface area contributed by atoms with Crippen molar-refractivity contribution in [1.82, 2.24) is 0 Å². The Hall–Kier alpha value is -3.53. The zero-order chi connectivity index (χ0) is 26.9. The van der Waals surface area contributed by atoms with E-state index >= 15 is 0 Å². The molecule has 0 aliphatic heterocycles. The van der Waals surface area contributed by atoms with Gasteiger partial charge in [-0.05, 0) is 84.5 Å². The molecule has 0 amide bonds. The molecule has 1 unspecified atom stereocenters. The summed E-state index contributed by atoms with van der Waals surface area (Å²) in [6, 6.07) is 20.8. The monoisotopic (exact) mass is 507 g/mol. The van der Waals surface area contributed by atoms with E-state index in [1.165, 1.54) is 61.3 Å². The summed E-state index contributed by atoms with van der Waals surface area (Å²) in [5.41, 5.74) is 9.11. The van der Waals surface area contributed by atoms with Crippen LogP contribution < -0.4 is 0 Å². The van der Waals surface area contributed by atoms with Crippen molar-refractivity contribution in [2.75, 3.05) is 0 Å². The van der Waals surface area contributed by atoms with Gasteiger partial charge in [0.2, 0.25) is 0 Å². The van der Waals surface area contributed by atoms with Crippen molar-refractivity contribution in [3.63, 3.8) is 0 Å². The van der Waals surface area contributed by atoms with Gasteiger partial charge in [0.25, 0.3) is 0 Å². The third-order valence-electron chi connectivity index (χ3n) is 8.62. The number of aryl methyl sites for hydroxylation is 1. The maximum atomic E-state index is 13.7. The normalized spacial score (nSPS) is 19.1. The zero-order valence-electron chi connectivity index (χ0n) is 23.0. The van der Waals surface area contributed by atoms with E-state index in [1.807, 2.05) is 44.2 Å². The second kappa shape index (κ2) is 10.7. The first kappa shape index (κ1) is 26.1. The molecule has 0 aromatic heterocycles. The summed E-state index contributed by atoms with van der Waals surface area (Å²) in [5, 5.41) is 4.04. The van der Waals surface area contributed by atoms with Crippen LogP contribution in [0.2, 0.25) is 0 Å². The Morgan fingerprint density at radius 2 is 1.63 bits per heavy atom. The number of nitrogens with zero attached hydrogens (tertiary/aromatic N) is 1. The molecule has 0 saturated heterocycles. The molecular weight excluding hydrogens is 470 g/mol. The van der Waals surface area contributed by atoms with Crippen LogP contribution in [-0.2, 0) is 15.0 Å². The molecule has 1 atom stereocenters. The van der Waals surface area contributed by atoms with Gasteiger partial charge in [0.15, 0.2) is 5.78 Å². The average molecular weight is 508 g/mol. The highest BCUT2D eigenvalue weighted by Gasteiger charge is 2.48. The maximum absolute atomic E-state index is 13.7. The van der Waals surface area contributed by atoms with E-state index < -0.39 is 5.97 Å². The highest BCUT2D eigenvalue weighted by atomic mass is 16.7. The van der Waals surface area contributed by atoms with Crippen LogP contribution in [0, 0.1) is 12.8 Å². The largest absolute Gasteiger partial charge is 0.331 e. The molecule has 0 N–H and O–H groups in total. The highest BCUT2D eigenvalue weighted by Crippen LogP contribution is 2.58. The number of hydrogen-bond acceptors (Lipinski definition) is 4. The Morgan fingerprint density at radius 3 is 2.34 bits per heavy atom. The van der Waals surface area contributed by atoms with Crippen molar-refractivity contribution in [2.24, 2.45) is 11.1 Å². The van der Waals surface area contributed by atoms with Crippen LogP contribution in [0.3, 0.4) is 0 Å². The van der Waals surface area contributed by atoms with Gasteiger partial charge in [-0.3, -0.25) is 4.79 Å². The SMILES string of the molecule is CCCC1(C2CCCCC2)c2ccc(/C(C)=N\OC(C)=O)cc2-c2ccc(C(=O)c3ccccc3C)cc21. The van der Waals surface area contributed by atoms with Crippen LogP contribution in [0.4, 0.5) is 0 Å². The molecule has 4 nitrogen and oxygen atoms in total. The maximum Gasteiger partial charge on any atom is 0.331 e. The Balaban J connectivity index is 1.69. The summed E-state index contributed by atoms with van der Waals surface area (Å²) in [4.78, 5) is 29.9. The average Bonchev–Trinajstić information content (AvgIpc) is 3.21. The van der Waals surface area contributed by atoms with Crippen LogP contribution in [-0.4, -0.2) is 17.5 Å². The molecule has 2 aliphatic carbocycles. The lowest BCUT2D eigenvalue weighted by Gasteiger charge is -2.42. The first-order chi connectivity index (χ1) is 18.4. The van der Waals surface area contributed by atoms with Gasteiger partial charge in [0.05, 0.1) is 5.71 Å². The molecule has 0 bridgehead atoms. The second-order valence-corrected chi connectivity index (χ2v) is 11.0. The first-order valence-electron chi connectivity index (χ1n) is 14.0. The third-order valence-corrected chi connectivity index (χ3v) is 8.62. The molecule has 196 valence electrons. The van der Waals surface area contributed by atoms with E-state index in [-0.39, 0.29) is 11.2 Å². The second-order valence-electron chi connectivity index (χ2n) is 11.0. The Kier molecular flexibility index (Phi) is 7.34. The van der Waals surface area contributed by atoms with E-state index in [1.54, 1.807) is 0 Å². The molecular formula is C34H37NO3. The molecule has 5 rings (SSSR count). The molecule has 2 aliphatic rings. The van der Waals surface area contributed by atoms with Gasteiger partial charge in [0, 0.05) is 23.5 Å². The van der Waals surface area contributed by atoms with Crippen molar-refractivity contribution in [3.05, 3.63) is 94.0 Å². The summed E-state index contributed by atoms with van der Waals surface area (Å²) in [5.74, 6) is 0.198. The Labute approximate surface area is 226 Å². The van der Waals surface area contributed by atoms with Crippen LogP contribution >= 0.6 is 0 Å². The molecule has 4 heteroatoms. The van der Waals surface area contributed by atoms with Gasteiger partial charge in [-0.1, -0.05) is 86.3 Å². The predicted octanol–water partition coefficient (Wildman–Crippen LogP) is 8.16. The number of carbonyl (C=O) groups excluding carboxylic acids is 2. The lowest BCUT2D eigenvalue weighted by molar-refractivity contribution is -0.140. The molecule has 3 aromatic rings. The minimum Gasteiger partial charge on any atom is -0.318 e. The zero-order valence-corrected chi connectivity index (χ0v) is 23.0. The smallest absolute Gasteiger partial charge is 0.318 e. The fourth-order valence-electron chi connectivity index (χ4n) is 6.89. The third kappa shape index (κ3) is 4.51. The summed E-state index contributed by atoms with van der Waals surface area (Å²) >= 11 is 0. The van der Waals surface area contributed by atoms with Gasteiger partial charge < -0.3 is 4.84 Å². The van der Waals surface area contributed by atoms with Gasteiger partial charge in [-0.15, -0.1) is 0 Å². The van der Waals surface area contributed by atoms with Gasteiger partial charge in [-0.2, -0.15) is 0 Å². The summed E-state index contributed by atoms with van der Waals surface area (Å²) in [7, 11) is 0. The number of oxime groups is 1. The summed E-state index contributed by atoms with van der Waals surface area (Å²) in [6.07, 6.45) is 8.37.